The summed E-state index contributed by atoms with van der Waals surface area (Å²) in [5.74, 6) is 0.236. The van der Waals surface area contributed by atoms with Crippen LogP contribution in [0.15, 0.2) is 48.8 Å². The molecule has 0 aliphatic carbocycles. The first-order valence-corrected chi connectivity index (χ1v) is 10.2. The summed E-state index contributed by atoms with van der Waals surface area (Å²) in [6.45, 7) is 4.22. The fourth-order valence-electron chi connectivity index (χ4n) is 3.98. The summed E-state index contributed by atoms with van der Waals surface area (Å²) in [6, 6.07) is 11.4. The standard InChI is InChI=1S/C23H26N4O2/c1-16-5-4-12-27(15-16)23(29)17-8-10-24-21(13-17)22(28)25-11-9-18-14-26-20-7-3-2-6-19(18)20/h2-3,6-8,10,13-14,16,26H,4-5,9,11-12,15H2,1H3,(H,25,28). The predicted molar refractivity (Wildman–Crippen MR) is 113 cm³/mol. The number of aromatic nitrogens is 2. The molecule has 3 aromatic rings. The molecule has 1 saturated heterocycles. The lowest BCUT2D eigenvalue weighted by Gasteiger charge is -2.31. The van der Waals surface area contributed by atoms with Gasteiger partial charge in [0.2, 0.25) is 0 Å². The molecule has 2 aromatic heterocycles. The van der Waals surface area contributed by atoms with Crippen molar-refractivity contribution in [3.8, 4) is 0 Å². The minimum Gasteiger partial charge on any atom is -0.361 e. The fraction of sp³-hybridized carbons (Fsp3) is 0.348. The van der Waals surface area contributed by atoms with Crippen molar-refractivity contribution in [1.29, 1.82) is 0 Å². The molecule has 6 heteroatoms. The Morgan fingerprint density at radius 1 is 1.28 bits per heavy atom. The molecule has 1 aromatic carbocycles. The van der Waals surface area contributed by atoms with Crippen LogP contribution in [0.5, 0.6) is 0 Å². The van der Waals surface area contributed by atoms with Crippen molar-refractivity contribution >= 4 is 22.7 Å². The average molecular weight is 390 g/mol. The number of hydrogen-bond acceptors (Lipinski definition) is 3. The van der Waals surface area contributed by atoms with Gasteiger partial charge >= 0.3 is 0 Å². The molecule has 6 nitrogen and oxygen atoms in total. The zero-order valence-corrected chi connectivity index (χ0v) is 16.6. The lowest BCUT2D eigenvalue weighted by molar-refractivity contribution is 0.0683. The van der Waals surface area contributed by atoms with Crippen LogP contribution in [-0.2, 0) is 6.42 Å². The van der Waals surface area contributed by atoms with Crippen molar-refractivity contribution < 1.29 is 9.59 Å². The minimum absolute atomic E-state index is 0.0215. The molecule has 1 unspecified atom stereocenters. The highest BCUT2D eigenvalue weighted by Gasteiger charge is 2.22. The maximum absolute atomic E-state index is 12.8. The number of piperidine rings is 1. The third-order valence-electron chi connectivity index (χ3n) is 5.54. The third kappa shape index (κ3) is 4.31. The van der Waals surface area contributed by atoms with Gasteiger partial charge in [0, 0.05) is 48.5 Å². The predicted octanol–water partition coefficient (Wildman–Crippen LogP) is 3.41. The average Bonchev–Trinajstić information content (AvgIpc) is 3.16. The number of hydrogen-bond donors (Lipinski definition) is 2. The largest absolute Gasteiger partial charge is 0.361 e. The summed E-state index contributed by atoms with van der Waals surface area (Å²) >= 11 is 0. The molecule has 3 heterocycles. The maximum atomic E-state index is 12.8. The van der Waals surface area contributed by atoms with E-state index in [1.165, 1.54) is 11.6 Å². The van der Waals surface area contributed by atoms with E-state index >= 15 is 0 Å². The fourth-order valence-corrected chi connectivity index (χ4v) is 3.98. The zero-order valence-electron chi connectivity index (χ0n) is 16.6. The highest BCUT2D eigenvalue weighted by molar-refractivity contribution is 5.98. The highest BCUT2D eigenvalue weighted by Crippen LogP contribution is 2.19. The first-order chi connectivity index (χ1) is 14.1. The molecule has 0 bridgehead atoms. The number of fused-ring (bicyclic) bond motifs is 1. The van der Waals surface area contributed by atoms with Crippen molar-refractivity contribution in [2.24, 2.45) is 5.92 Å². The first-order valence-electron chi connectivity index (χ1n) is 10.2. The van der Waals surface area contributed by atoms with Crippen molar-refractivity contribution in [2.75, 3.05) is 19.6 Å². The molecule has 1 aliphatic heterocycles. The van der Waals surface area contributed by atoms with Gasteiger partial charge in [0.1, 0.15) is 5.69 Å². The molecule has 1 aliphatic rings. The second-order valence-electron chi connectivity index (χ2n) is 7.79. The van der Waals surface area contributed by atoms with E-state index in [0.29, 0.717) is 18.0 Å². The van der Waals surface area contributed by atoms with Crippen LogP contribution in [-0.4, -0.2) is 46.3 Å². The Balaban J connectivity index is 1.37. The topological polar surface area (TPSA) is 78.1 Å². The summed E-state index contributed by atoms with van der Waals surface area (Å²) in [5, 5.41) is 4.08. The van der Waals surface area contributed by atoms with Gasteiger partial charge in [0.15, 0.2) is 0 Å². The number of rotatable bonds is 5. The van der Waals surface area contributed by atoms with Crippen molar-refractivity contribution in [1.82, 2.24) is 20.2 Å². The number of likely N-dealkylation sites (tertiary alicyclic amines) is 1. The number of amides is 2. The molecule has 0 saturated carbocycles. The molecule has 150 valence electrons. The monoisotopic (exact) mass is 390 g/mol. The number of aromatic amines is 1. The second-order valence-corrected chi connectivity index (χ2v) is 7.79. The van der Waals surface area contributed by atoms with Crippen LogP contribution in [0.25, 0.3) is 10.9 Å². The van der Waals surface area contributed by atoms with Gasteiger partial charge in [-0.15, -0.1) is 0 Å². The van der Waals surface area contributed by atoms with Crippen molar-refractivity contribution in [2.45, 2.75) is 26.2 Å². The van der Waals surface area contributed by atoms with Gasteiger partial charge in [-0.1, -0.05) is 25.1 Å². The molecule has 0 spiro atoms. The number of benzene rings is 1. The van der Waals surface area contributed by atoms with Crippen LogP contribution in [0.4, 0.5) is 0 Å². The number of para-hydroxylation sites is 1. The van der Waals surface area contributed by atoms with Crippen LogP contribution in [0.1, 0.15) is 46.2 Å². The smallest absolute Gasteiger partial charge is 0.269 e. The Hall–Kier alpha value is -3.15. The normalized spacial score (nSPS) is 16.7. The van der Waals surface area contributed by atoms with Gasteiger partial charge in [-0.05, 0) is 48.9 Å². The Bertz CT molecular complexity index is 1030. The summed E-state index contributed by atoms with van der Waals surface area (Å²) in [5.41, 5.74) is 3.06. The Morgan fingerprint density at radius 3 is 3.00 bits per heavy atom. The van der Waals surface area contributed by atoms with Gasteiger partial charge in [-0.3, -0.25) is 14.6 Å². The second kappa shape index (κ2) is 8.47. The molecule has 2 amide bonds. The molecular formula is C23H26N4O2. The zero-order chi connectivity index (χ0) is 20.2. The van der Waals surface area contributed by atoms with Gasteiger partial charge < -0.3 is 15.2 Å². The molecular weight excluding hydrogens is 364 g/mol. The Kier molecular flexibility index (Phi) is 5.60. The third-order valence-corrected chi connectivity index (χ3v) is 5.54. The number of pyridine rings is 1. The van der Waals surface area contributed by atoms with E-state index in [2.05, 4.69) is 28.3 Å². The molecule has 1 fully saturated rings. The summed E-state index contributed by atoms with van der Waals surface area (Å²) < 4.78 is 0. The number of carbonyl (C=O) groups is 2. The van der Waals surface area contributed by atoms with Gasteiger partial charge in [0.25, 0.3) is 11.8 Å². The lowest BCUT2D eigenvalue weighted by atomic mass is 9.99. The van der Waals surface area contributed by atoms with Crippen LogP contribution in [0, 0.1) is 5.92 Å². The minimum atomic E-state index is -0.258. The number of nitrogens with one attached hydrogen (secondary N) is 2. The van der Waals surface area contributed by atoms with Crippen molar-refractivity contribution in [3.63, 3.8) is 0 Å². The summed E-state index contributed by atoms with van der Waals surface area (Å²) in [7, 11) is 0. The van der Waals surface area contributed by atoms with E-state index in [4.69, 9.17) is 0 Å². The SMILES string of the molecule is CC1CCCN(C(=O)c2ccnc(C(=O)NCCc3c[nH]c4ccccc34)c2)C1. The summed E-state index contributed by atoms with van der Waals surface area (Å²) in [6.07, 6.45) is 6.42. The molecule has 2 N–H and O–H groups in total. The van der Waals surface area contributed by atoms with E-state index in [9.17, 15) is 9.59 Å². The van der Waals surface area contributed by atoms with E-state index in [0.717, 1.165) is 43.4 Å². The molecule has 1 atom stereocenters. The van der Waals surface area contributed by atoms with Crippen LogP contribution in [0.2, 0.25) is 0 Å². The quantitative estimate of drug-likeness (QED) is 0.701. The van der Waals surface area contributed by atoms with E-state index < -0.39 is 0 Å². The molecule has 4 rings (SSSR count). The van der Waals surface area contributed by atoms with Crippen LogP contribution < -0.4 is 5.32 Å². The van der Waals surface area contributed by atoms with E-state index in [1.807, 2.05) is 29.3 Å². The molecule has 0 radical (unpaired) electrons. The first kappa shape index (κ1) is 19.2. The maximum Gasteiger partial charge on any atom is 0.269 e. The van der Waals surface area contributed by atoms with Crippen molar-refractivity contribution in [3.05, 3.63) is 65.6 Å². The number of nitrogens with zero attached hydrogens (tertiary/aromatic N) is 2. The van der Waals surface area contributed by atoms with Crippen LogP contribution >= 0.6 is 0 Å². The number of carbonyl (C=O) groups excluding carboxylic acids is 2. The van der Waals surface area contributed by atoms with E-state index in [-0.39, 0.29) is 17.5 Å². The van der Waals surface area contributed by atoms with Gasteiger partial charge in [-0.2, -0.15) is 0 Å². The van der Waals surface area contributed by atoms with Gasteiger partial charge in [-0.25, -0.2) is 0 Å². The Labute approximate surface area is 170 Å². The lowest BCUT2D eigenvalue weighted by Crippen LogP contribution is -2.39. The van der Waals surface area contributed by atoms with Gasteiger partial charge in [0.05, 0.1) is 0 Å². The number of H-pyrrole nitrogens is 1. The molecule has 29 heavy (non-hydrogen) atoms. The van der Waals surface area contributed by atoms with Crippen LogP contribution in [0.3, 0.4) is 0 Å². The Morgan fingerprint density at radius 2 is 2.14 bits per heavy atom. The highest BCUT2D eigenvalue weighted by atomic mass is 16.2. The summed E-state index contributed by atoms with van der Waals surface area (Å²) in [4.78, 5) is 34.6. The van der Waals surface area contributed by atoms with E-state index in [1.54, 1.807) is 12.1 Å².